The van der Waals surface area contributed by atoms with Gasteiger partial charge < -0.3 is 9.64 Å². The van der Waals surface area contributed by atoms with Crippen molar-refractivity contribution in [2.75, 3.05) is 26.2 Å². The fourth-order valence-electron chi connectivity index (χ4n) is 4.04. The van der Waals surface area contributed by atoms with Gasteiger partial charge in [-0.15, -0.1) is 10.2 Å². The van der Waals surface area contributed by atoms with Gasteiger partial charge in [0.1, 0.15) is 12.1 Å². The standard InChI is InChI=1S/C23H25N5O/c1-4-13-27(14-5-1)15-6-16-29-19-11-9-18(10-12-19)22-25-26-23-20-7-2-3-8-21(20)24-17-28(22)23/h2-3,7-12,17H,1,4-6,13-16H2. The molecule has 148 valence electrons. The Kier molecular flexibility index (Phi) is 5.09. The minimum absolute atomic E-state index is 0.750. The number of rotatable bonds is 6. The van der Waals surface area contributed by atoms with Gasteiger partial charge >= 0.3 is 0 Å². The second-order valence-electron chi connectivity index (χ2n) is 7.61. The Morgan fingerprint density at radius 3 is 2.59 bits per heavy atom. The molecule has 0 saturated carbocycles. The quantitative estimate of drug-likeness (QED) is 0.464. The van der Waals surface area contributed by atoms with Crippen LogP contribution >= 0.6 is 0 Å². The maximum Gasteiger partial charge on any atom is 0.171 e. The molecule has 29 heavy (non-hydrogen) atoms. The minimum atomic E-state index is 0.750. The molecule has 0 aliphatic carbocycles. The van der Waals surface area contributed by atoms with E-state index in [1.807, 2.05) is 52.9 Å². The van der Waals surface area contributed by atoms with E-state index in [0.717, 1.165) is 53.3 Å². The van der Waals surface area contributed by atoms with Crippen molar-refractivity contribution in [1.82, 2.24) is 24.5 Å². The summed E-state index contributed by atoms with van der Waals surface area (Å²) in [7, 11) is 0. The van der Waals surface area contributed by atoms with Crippen molar-refractivity contribution in [2.24, 2.45) is 0 Å². The zero-order chi connectivity index (χ0) is 19.5. The van der Waals surface area contributed by atoms with Crippen LogP contribution in [0.3, 0.4) is 0 Å². The van der Waals surface area contributed by atoms with Crippen LogP contribution in [0, 0.1) is 0 Å². The lowest BCUT2D eigenvalue weighted by Gasteiger charge is -2.26. The summed E-state index contributed by atoms with van der Waals surface area (Å²) in [6.07, 6.45) is 6.91. The van der Waals surface area contributed by atoms with Gasteiger partial charge in [-0.05, 0) is 68.8 Å². The number of likely N-dealkylation sites (tertiary alicyclic amines) is 1. The molecule has 6 heteroatoms. The summed E-state index contributed by atoms with van der Waals surface area (Å²) >= 11 is 0. The molecular weight excluding hydrogens is 362 g/mol. The van der Waals surface area contributed by atoms with Crippen LogP contribution in [0.4, 0.5) is 0 Å². The number of para-hydroxylation sites is 1. The number of ether oxygens (including phenoxy) is 1. The molecule has 1 saturated heterocycles. The number of fused-ring (bicyclic) bond motifs is 3. The molecule has 0 unspecified atom stereocenters. The highest BCUT2D eigenvalue weighted by Gasteiger charge is 2.12. The van der Waals surface area contributed by atoms with Gasteiger partial charge in [0.25, 0.3) is 0 Å². The Balaban J connectivity index is 1.26. The minimum Gasteiger partial charge on any atom is -0.494 e. The summed E-state index contributed by atoms with van der Waals surface area (Å²) in [6.45, 7) is 4.36. The van der Waals surface area contributed by atoms with E-state index < -0.39 is 0 Å². The van der Waals surface area contributed by atoms with Crippen LogP contribution in [0.15, 0.2) is 54.9 Å². The van der Waals surface area contributed by atoms with Gasteiger partial charge in [0.15, 0.2) is 11.5 Å². The summed E-state index contributed by atoms with van der Waals surface area (Å²) in [6, 6.07) is 16.1. The number of nitrogens with zero attached hydrogens (tertiary/aromatic N) is 5. The normalized spacial score (nSPS) is 15.2. The molecule has 0 N–H and O–H groups in total. The van der Waals surface area contributed by atoms with Crippen molar-refractivity contribution in [1.29, 1.82) is 0 Å². The Labute approximate surface area is 170 Å². The van der Waals surface area contributed by atoms with Crippen LogP contribution in [-0.2, 0) is 0 Å². The molecule has 6 nitrogen and oxygen atoms in total. The molecule has 1 aliphatic heterocycles. The van der Waals surface area contributed by atoms with Crippen molar-refractivity contribution >= 4 is 16.6 Å². The second-order valence-corrected chi connectivity index (χ2v) is 7.61. The van der Waals surface area contributed by atoms with Gasteiger partial charge in [-0.1, -0.05) is 18.6 Å². The topological polar surface area (TPSA) is 55.6 Å². The molecule has 1 aliphatic rings. The fourth-order valence-corrected chi connectivity index (χ4v) is 4.04. The van der Waals surface area contributed by atoms with E-state index in [1.54, 1.807) is 6.33 Å². The average Bonchev–Trinajstić information content (AvgIpc) is 3.23. The van der Waals surface area contributed by atoms with E-state index in [9.17, 15) is 0 Å². The lowest BCUT2D eigenvalue weighted by molar-refractivity contribution is 0.205. The molecule has 5 rings (SSSR count). The molecule has 2 aromatic heterocycles. The van der Waals surface area contributed by atoms with Crippen molar-refractivity contribution in [2.45, 2.75) is 25.7 Å². The first-order valence-electron chi connectivity index (χ1n) is 10.4. The third kappa shape index (κ3) is 3.80. The molecular formula is C23H25N5O. The van der Waals surface area contributed by atoms with E-state index in [0.29, 0.717) is 0 Å². The third-order valence-electron chi connectivity index (χ3n) is 5.60. The summed E-state index contributed by atoms with van der Waals surface area (Å²) in [5, 5.41) is 9.79. The lowest BCUT2D eigenvalue weighted by Crippen LogP contribution is -2.31. The fraction of sp³-hybridized carbons (Fsp3) is 0.348. The maximum atomic E-state index is 5.93. The average molecular weight is 387 g/mol. The summed E-state index contributed by atoms with van der Waals surface area (Å²) < 4.78 is 7.87. The lowest BCUT2D eigenvalue weighted by atomic mass is 10.1. The second kappa shape index (κ2) is 8.17. The Morgan fingerprint density at radius 1 is 0.897 bits per heavy atom. The van der Waals surface area contributed by atoms with Gasteiger partial charge in [-0.25, -0.2) is 4.98 Å². The Hall–Kier alpha value is -2.99. The van der Waals surface area contributed by atoms with E-state index in [-0.39, 0.29) is 0 Å². The number of hydrogen-bond donors (Lipinski definition) is 0. The van der Waals surface area contributed by atoms with Gasteiger partial charge in [0.2, 0.25) is 0 Å². The number of benzene rings is 2. The van der Waals surface area contributed by atoms with Gasteiger partial charge in [-0.3, -0.25) is 4.40 Å². The van der Waals surface area contributed by atoms with Gasteiger partial charge in [-0.2, -0.15) is 0 Å². The third-order valence-corrected chi connectivity index (χ3v) is 5.60. The maximum absolute atomic E-state index is 5.93. The summed E-state index contributed by atoms with van der Waals surface area (Å²) in [5.41, 5.74) is 2.74. The Bertz CT molecular complexity index is 1100. The molecule has 4 aromatic rings. The summed E-state index contributed by atoms with van der Waals surface area (Å²) in [4.78, 5) is 7.07. The van der Waals surface area contributed by atoms with Crippen LogP contribution < -0.4 is 4.74 Å². The zero-order valence-electron chi connectivity index (χ0n) is 16.5. The zero-order valence-corrected chi connectivity index (χ0v) is 16.5. The van der Waals surface area contributed by atoms with Crippen LogP contribution in [0.5, 0.6) is 5.75 Å². The van der Waals surface area contributed by atoms with Gasteiger partial charge in [0, 0.05) is 17.5 Å². The van der Waals surface area contributed by atoms with Crippen LogP contribution in [0.2, 0.25) is 0 Å². The highest BCUT2D eigenvalue weighted by molar-refractivity contribution is 5.91. The molecule has 2 aromatic carbocycles. The first kappa shape index (κ1) is 18.1. The van der Waals surface area contributed by atoms with Crippen LogP contribution in [-0.4, -0.2) is 50.7 Å². The molecule has 0 radical (unpaired) electrons. The first-order valence-corrected chi connectivity index (χ1v) is 10.4. The first-order chi connectivity index (χ1) is 14.4. The highest BCUT2D eigenvalue weighted by Crippen LogP contribution is 2.24. The monoisotopic (exact) mass is 387 g/mol. The van der Waals surface area contributed by atoms with E-state index in [1.165, 1.54) is 32.4 Å². The van der Waals surface area contributed by atoms with Crippen molar-refractivity contribution in [3.05, 3.63) is 54.9 Å². The molecule has 0 bridgehead atoms. The van der Waals surface area contributed by atoms with Crippen LogP contribution in [0.25, 0.3) is 27.9 Å². The summed E-state index contributed by atoms with van der Waals surface area (Å²) in [5.74, 6) is 1.68. The van der Waals surface area contributed by atoms with Crippen molar-refractivity contribution < 1.29 is 4.74 Å². The molecule has 0 amide bonds. The van der Waals surface area contributed by atoms with Crippen molar-refractivity contribution in [3.8, 4) is 17.1 Å². The molecule has 3 heterocycles. The van der Waals surface area contributed by atoms with Crippen LogP contribution in [0.1, 0.15) is 25.7 Å². The van der Waals surface area contributed by atoms with E-state index in [2.05, 4.69) is 20.1 Å². The van der Waals surface area contributed by atoms with Crippen molar-refractivity contribution in [3.63, 3.8) is 0 Å². The number of piperidine rings is 1. The predicted octanol–water partition coefficient (Wildman–Crippen LogP) is 4.20. The SMILES string of the molecule is c1ccc2c(c1)ncn1c(-c3ccc(OCCCN4CCCCC4)cc3)nnc21. The largest absolute Gasteiger partial charge is 0.494 e. The van der Waals surface area contributed by atoms with E-state index in [4.69, 9.17) is 4.74 Å². The van der Waals surface area contributed by atoms with E-state index >= 15 is 0 Å². The molecule has 0 spiro atoms. The van der Waals surface area contributed by atoms with Gasteiger partial charge in [0.05, 0.1) is 12.1 Å². The predicted molar refractivity (Wildman–Crippen MR) is 114 cm³/mol. The highest BCUT2D eigenvalue weighted by atomic mass is 16.5. The smallest absolute Gasteiger partial charge is 0.171 e. The number of aromatic nitrogens is 4. The Morgan fingerprint density at radius 2 is 1.72 bits per heavy atom. The number of hydrogen-bond acceptors (Lipinski definition) is 5. The molecule has 1 fully saturated rings. The molecule has 0 atom stereocenters.